The molecule has 0 saturated carbocycles. The highest BCUT2D eigenvalue weighted by Crippen LogP contribution is 2.01. The number of aliphatic hydroxyl groups excluding tert-OH is 1. The van der Waals surface area contributed by atoms with Gasteiger partial charge in [-0.2, -0.15) is 0 Å². The first-order chi connectivity index (χ1) is 7.01. The summed E-state index contributed by atoms with van der Waals surface area (Å²) in [5.74, 6) is 0.254. The zero-order valence-electron chi connectivity index (χ0n) is 10.2. The molecule has 0 aliphatic carbocycles. The lowest BCUT2D eigenvalue weighted by molar-refractivity contribution is -0.122. The summed E-state index contributed by atoms with van der Waals surface area (Å²) in [5, 5.41) is 15.1. The number of carbonyl (C=O) groups is 1. The Kier molecular flexibility index (Phi) is 7.34. The average Bonchev–Trinajstić information content (AvgIpc) is 2.13. The third-order valence-corrected chi connectivity index (χ3v) is 2.39. The van der Waals surface area contributed by atoms with E-state index in [0.29, 0.717) is 6.42 Å². The Balaban J connectivity index is 3.90. The van der Waals surface area contributed by atoms with Crippen molar-refractivity contribution in [3.63, 3.8) is 0 Å². The molecule has 0 bridgehead atoms. The van der Waals surface area contributed by atoms with Crippen molar-refractivity contribution in [2.24, 2.45) is 5.92 Å². The lowest BCUT2D eigenvalue weighted by Crippen LogP contribution is -2.43. The van der Waals surface area contributed by atoms with Crippen molar-refractivity contribution in [1.29, 1.82) is 0 Å². The van der Waals surface area contributed by atoms with E-state index < -0.39 is 0 Å². The second-order valence-corrected chi connectivity index (χ2v) is 4.26. The topological polar surface area (TPSA) is 61.4 Å². The van der Waals surface area contributed by atoms with Crippen molar-refractivity contribution in [3.8, 4) is 0 Å². The van der Waals surface area contributed by atoms with E-state index in [4.69, 9.17) is 5.11 Å². The molecular weight excluding hydrogens is 192 g/mol. The molecule has 1 amide bonds. The van der Waals surface area contributed by atoms with Gasteiger partial charge in [0.15, 0.2) is 0 Å². The fourth-order valence-electron chi connectivity index (χ4n) is 1.39. The molecule has 0 aliphatic heterocycles. The van der Waals surface area contributed by atoms with Crippen LogP contribution < -0.4 is 10.6 Å². The normalized spacial score (nSPS) is 15.1. The molecule has 3 N–H and O–H groups in total. The Morgan fingerprint density at radius 3 is 2.33 bits per heavy atom. The van der Waals surface area contributed by atoms with Crippen molar-refractivity contribution in [2.75, 3.05) is 13.2 Å². The molecule has 0 radical (unpaired) electrons. The van der Waals surface area contributed by atoms with E-state index in [1.807, 2.05) is 27.7 Å². The van der Waals surface area contributed by atoms with E-state index >= 15 is 0 Å². The van der Waals surface area contributed by atoms with Gasteiger partial charge in [0, 0.05) is 12.5 Å². The Bertz CT molecular complexity index is 183. The van der Waals surface area contributed by atoms with Gasteiger partial charge in [0.05, 0.1) is 12.6 Å². The summed E-state index contributed by atoms with van der Waals surface area (Å²) in [6.07, 6.45) is 0.455. The van der Waals surface area contributed by atoms with Crippen LogP contribution in [-0.2, 0) is 4.79 Å². The number of aliphatic hydroxyl groups is 1. The molecule has 2 unspecified atom stereocenters. The summed E-state index contributed by atoms with van der Waals surface area (Å²) in [5.41, 5.74) is 0. The van der Waals surface area contributed by atoms with Crippen molar-refractivity contribution in [2.45, 2.75) is 46.2 Å². The highest BCUT2D eigenvalue weighted by Gasteiger charge is 2.16. The minimum Gasteiger partial charge on any atom is -0.394 e. The number of hydrogen-bond donors (Lipinski definition) is 3. The minimum atomic E-state index is -0.133. The summed E-state index contributed by atoms with van der Waals surface area (Å²) >= 11 is 0. The van der Waals surface area contributed by atoms with Crippen LogP contribution in [-0.4, -0.2) is 36.2 Å². The predicted molar refractivity (Wildman–Crippen MR) is 61.6 cm³/mol. The Morgan fingerprint density at radius 2 is 1.93 bits per heavy atom. The van der Waals surface area contributed by atoms with Crippen LogP contribution in [0.2, 0.25) is 0 Å². The minimum absolute atomic E-state index is 0.000998. The largest absolute Gasteiger partial charge is 0.394 e. The maximum absolute atomic E-state index is 11.5. The third kappa shape index (κ3) is 6.47. The zero-order valence-corrected chi connectivity index (χ0v) is 10.2. The quantitative estimate of drug-likeness (QED) is 0.581. The molecule has 0 aromatic rings. The molecule has 0 heterocycles. The smallest absolute Gasteiger partial charge is 0.221 e. The van der Waals surface area contributed by atoms with Gasteiger partial charge in [-0.1, -0.05) is 20.8 Å². The van der Waals surface area contributed by atoms with Crippen LogP contribution in [0.1, 0.15) is 34.1 Å². The van der Waals surface area contributed by atoms with Crippen LogP contribution in [0.15, 0.2) is 0 Å². The van der Waals surface area contributed by atoms with Crippen molar-refractivity contribution in [1.82, 2.24) is 10.6 Å². The molecule has 90 valence electrons. The summed E-state index contributed by atoms with van der Waals surface area (Å²) in [7, 11) is 0. The van der Waals surface area contributed by atoms with Crippen LogP contribution in [0.3, 0.4) is 0 Å². The number of rotatable bonds is 7. The molecule has 0 rings (SSSR count). The first-order valence-electron chi connectivity index (χ1n) is 5.64. The van der Waals surface area contributed by atoms with Gasteiger partial charge in [-0.3, -0.25) is 4.79 Å². The molecule has 0 fully saturated rings. The van der Waals surface area contributed by atoms with Gasteiger partial charge < -0.3 is 15.7 Å². The third-order valence-electron chi connectivity index (χ3n) is 2.39. The Hall–Kier alpha value is -0.610. The van der Waals surface area contributed by atoms with Gasteiger partial charge >= 0.3 is 0 Å². The van der Waals surface area contributed by atoms with Gasteiger partial charge in [0.25, 0.3) is 0 Å². The standard InChI is InChI=1S/C11H24N2O2/c1-5-12-9(4)6-11(15)13-10(7-14)8(2)3/h8-10,12,14H,5-7H2,1-4H3,(H,13,15). The second kappa shape index (κ2) is 7.65. The average molecular weight is 216 g/mol. The fourth-order valence-corrected chi connectivity index (χ4v) is 1.39. The number of amides is 1. The lowest BCUT2D eigenvalue weighted by Gasteiger charge is -2.21. The van der Waals surface area contributed by atoms with Crippen molar-refractivity contribution < 1.29 is 9.90 Å². The fraction of sp³-hybridized carbons (Fsp3) is 0.909. The number of hydrogen-bond acceptors (Lipinski definition) is 3. The maximum atomic E-state index is 11.5. The first-order valence-corrected chi connectivity index (χ1v) is 5.64. The van der Waals surface area contributed by atoms with E-state index in [1.165, 1.54) is 0 Å². The van der Waals surface area contributed by atoms with Gasteiger partial charge in [-0.25, -0.2) is 0 Å². The lowest BCUT2D eigenvalue weighted by atomic mass is 10.1. The summed E-state index contributed by atoms with van der Waals surface area (Å²) in [6, 6.07) is 0.0489. The van der Waals surface area contributed by atoms with E-state index in [0.717, 1.165) is 6.54 Å². The second-order valence-electron chi connectivity index (χ2n) is 4.26. The zero-order chi connectivity index (χ0) is 11.8. The van der Waals surface area contributed by atoms with E-state index in [2.05, 4.69) is 10.6 Å². The van der Waals surface area contributed by atoms with Gasteiger partial charge in [0.1, 0.15) is 0 Å². The van der Waals surface area contributed by atoms with Gasteiger partial charge in [-0.05, 0) is 19.4 Å². The van der Waals surface area contributed by atoms with Gasteiger partial charge in [0.2, 0.25) is 5.91 Å². The van der Waals surface area contributed by atoms with E-state index in [9.17, 15) is 4.79 Å². The highest BCUT2D eigenvalue weighted by molar-refractivity contribution is 5.76. The van der Waals surface area contributed by atoms with Crippen LogP contribution >= 0.6 is 0 Å². The summed E-state index contributed by atoms with van der Waals surface area (Å²) in [6.45, 7) is 8.82. The molecule has 0 aromatic carbocycles. The molecule has 0 aromatic heterocycles. The van der Waals surface area contributed by atoms with Crippen LogP contribution in [0.5, 0.6) is 0 Å². The Morgan fingerprint density at radius 1 is 1.33 bits per heavy atom. The molecule has 0 aliphatic rings. The van der Waals surface area contributed by atoms with E-state index in [1.54, 1.807) is 0 Å². The SMILES string of the molecule is CCNC(C)CC(=O)NC(CO)C(C)C. The highest BCUT2D eigenvalue weighted by atomic mass is 16.3. The summed E-state index contributed by atoms with van der Waals surface area (Å²) < 4.78 is 0. The number of carbonyl (C=O) groups excluding carboxylic acids is 1. The maximum Gasteiger partial charge on any atom is 0.221 e. The molecule has 0 spiro atoms. The molecule has 15 heavy (non-hydrogen) atoms. The van der Waals surface area contributed by atoms with Crippen LogP contribution in [0.25, 0.3) is 0 Å². The number of nitrogens with one attached hydrogen (secondary N) is 2. The molecule has 2 atom stereocenters. The van der Waals surface area contributed by atoms with Crippen molar-refractivity contribution >= 4 is 5.91 Å². The van der Waals surface area contributed by atoms with Gasteiger partial charge in [-0.15, -0.1) is 0 Å². The van der Waals surface area contributed by atoms with Crippen molar-refractivity contribution in [3.05, 3.63) is 0 Å². The molecular formula is C11H24N2O2. The van der Waals surface area contributed by atoms with Crippen LogP contribution in [0.4, 0.5) is 0 Å². The first kappa shape index (κ1) is 14.4. The van der Waals surface area contributed by atoms with E-state index in [-0.39, 0.29) is 30.5 Å². The predicted octanol–water partition coefficient (Wildman–Crippen LogP) is 0.508. The monoisotopic (exact) mass is 216 g/mol. The summed E-state index contributed by atoms with van der Waals surface area (Å²) in [4.78, 5) is 11.5. The molecule has 4 nitrogen and oxygen atoms in total. The van der Waals surface area contributed by atoms with Crippen LogP contribution in [0, 0.1) is 5.92 Å². The molecule has 4 heteroatoms. The molecule has 0 saturated heterocycles. The Labute approximate surface area is 92.4 Å².